The third kappa shape index (κ3) is 3.32. The first-order valence-electron chi connectivity index (χ1n) is 7.74. The van der Waals surface area contributed by atoms with E-state index in [-0.39, 0.29) is 35.6 Å². The van der Waals surface area contributed by atoms with Crippen molar-refractivity contribution in [1.82, 2.24) is 10.5 Å². The van der Waals surface area contributed by atoms with Crippen molar-refractivity contribution in [1.29, 1.82) is 0 Å². The Morgan fingerprint density at radius 1 is 1.07 bits per heavy atom. The molecule has 1 aliphatic carbocycles. The Labute approximate surface area is 149 Å². The summed E-state index contributed by atoms with van der Waals surface area (Å²) in [6, 6.07) is 7.56. The lowest BCUT2D eigenvalue weighted by Crippen LogP contribution is -2.47. The van der Waals surface area contributed by atoms with E-state index in [1.165, 1.54) is 41.9 Å². The number of carbonyl (C=O) groups is 1. The maximum absolute atomic E-state index is 13.8. The molecule has 1 heterocycles. The average Bonchev–Trinajstić information content (AvgIpc) is 3.44. The van der Waals surface area contributed by atoms with E-state index < -0.39 is 23.4 Å². The Hall–Kier alpha value is -2.75. The summed E-state index contributed by atoms with van der Waals surface area (Å²) < 4.78 is 71.1. The number of pyridine rings is 1. The molecule has 0 bridgehead atoms. The molecular weight excluding hydrogens is 375 g/mol. The summed E-state index contributed by atoms with van der Waals surface area (Å²) in [4.78, 5) is 15.0. The lowest BCUT2D eigenvalue weighted by Gasteiger charge is -2.29. The molecule has 1 aromatic heterocycles. The lowest BCUT2D eigenvalue weighted by atomic mass is 9.88. The van der Waals surface area contributed by atoms with Crippen LogP contribution in [0.5, 0.6) is 11.6 Å². The first-order chi connectivity index (χ1) is 12.6. The Balaban J connectivity index is 1.76. The van der Waals surface area contributed by atoms with E-state index in [0.717, 1.165) is 6.20 Å². The number of aromatic nitrogens is 1. The number of benzene rings is 1. The van der Waals surface area contributed by atoms with Crippen LogP contribution in [0.2, 0.25) is 0 Å². The average molecular weight is 388 g/mol. The largest absolute Gasteiger partial charge is 0.454 e. The molecule has 1 aromatic carbocycles. The van der Waals surface area contributed by atoms with Crippen molar-refractivity contribution < 1.29 is 36.7 Å². The number of nitrogens with one attached hydrogen (secondary N) is 1. The van der Waals surface area contributed by atoms with Crippen LogP contribution in [0, 0.1) is 0 Å². The molecule has 1 fully saturated rings. The molecule has 5 nitrogen and oxygen atoms in total. The van der Waals surface area contributed by atoms with Gasteiger partial charge in [-0.3, -0.25) is 10.0 Å². The van der Waals surface area contributed by atoms with Gasteiger partial charge in [0.15, 0.2) is 0 Å². The van der Waals surface area contributed by atoms with Crippen molar-refractivity contribution in [2.24, 2.45) is 0 Å². The maximum atomic E-state index is 13.8. The summed E-state index contributed by atoms with van der Waals surface area (Å²) in [5, 5.41) is 8.51. The van der Waals surface area contributed by atoms with Gasteiger partial charge in [0.2, 0.25) is 5.88 Å². The van der Waals surface area contributed by atoms with Crippen LogP contribution in [-0.2, 0) is 5.41 Å². The van der Waals surface area contributed by atoms with Crippen molar-refractivity contribution in [3.63, 3.8) is 0 Å². The second-order valence-corrected chi connectivity index (χ2v) is 6.11. The first kappa shape index (κ1) is 19.0. The molecule has 0 radical (unpaired) electrons. The van der Waals surface area contributed by atoms with E-state index in [1.807, 2.05) is 0 Å². The van der Waals surface area contributed by atoms with Crippen LogP contribution < -0.4 is 10.2 Å². The van der Waals surface area contributed by atoms with E-state index in [1.54, 1.807) is 0 Å². The molecule has 0 atom stereocenters. The summed E-state index contributed by atoms with van der Waals surface area (Å²) in [5.41, 5.74) is -0.833. The predicted molar refractivity (Wildman–Crippen MR) is 81.9 cm³/mol. The fourth-order valence-corrected chi connectivity index (χ4v) is 2.78. The van der Waals surface area contributed by atoms with E-state index in [4.69, 9.17) is 9.94 Å². The number of carbonyl (C=O) groups excluding carboxylic acids is 1. The van der Waals surface area contributed by atoms with E-state index in [2.05, 4.69) is 4.98 Å². The third-order valence-corrected chi connectivity index (χ3v) is 4.44. The molecule has 144 valence electrons. The number of ether oxygens (including phenoxy) is 1. The molecule has 0 aliphatic heterocycles. The van der Waals surface area contributed by atoms with Crippen LogP contribution >= 0.6 is 0 Å². The van der Waals surface area contributed by atoms with Crippen molar-refractivity contribution in [2.75, 3.05) is 0 Å². The number of rotatable bonds is 5. The molecule has 3 rings (SSSR count). The van der Waals surface area contributed by atoms with Crippen LogP contribution in [-0.4, -0.2) is 28.2 Å². The summed E-state index contributed by atoms with van der Waals surface area (Å²) in [5.74, 6) is -5.33. The highest BCUT2D eigenvalue weighted by atomic mass is 19.4. The fraction of sp³-hybridized carbons (Fsp3) is 0.294. The van der Waals surface area contributed by atoms with Gasteiger partial charge in [-0.1, -0.05) is 12.1 Å². The van der Waals surface area contributed by atoms with Gasteiger partial charge in [-0.25, -0.2) is 10.5 Å². The van der Waals surface area contributed by atoms with Gasteiger partial charge in [0.05, 0.1) is 11.0 Å². The Morgan fingerprint density at radius 2 is 1.70 bits per heavy atom. The minimum Gasteiger partial charge on any atom is -0.439 e. The standard InChI is InChI=1S/C17H13F5N2O3/c18-16(19,17(20,21)22)15(7-8-15)11-2-4-12(5-3-11)27-13-6-1-10(9-23-13)14(25)24-26/h1-6,9,26H,7-8H2,(H,24,25). The SMILES string of the molecule is O=C(NO)c1ccc(Oc2ccc(C3(C(F)(F)C(F)(F)F)CC3)cc2)nc1. The normalized spacial score (nSPS) is 15.9. The van der Waals surface area contributed by atoms with Gasteiger partial charge in [-0.05, 0) is 36.6 Å². The number of hydrogen-bond donors (Lipinski definition) is 2. The molecule has 1 aliphatic rings. The Bertz CT molecular complexity index is 831. The minimum atomic E-state index is -5.62. The number of alkyl halides is 5. The molecule has 10 heteroatoms. The topological polar surface area (TPSA) is 71.5 Å². The zero-order chi connectivity index (χ0) is 19.9. The predicted octanol–water partition coefficient (Wildman–Crippen LogP) is 4.22. The van der Waals surface area contributed by atoms with E-state index >= 15 is 0 Å². The maximum Gasteiger partial charge on any atom is 0.454 e. The highest BCUT2D eigenvalue weighted by Crippen LogP contribution is 2.63. The van der Waals surface area contributed by atoms with Gasteiger partial charge in [0.25, 0.3) is 5.91 Å². The number of halogens is 5. The van der Waals surface area contributed by atoms with Gasteiger partial charge in [-0.2, -0.15) is 22.0 Å². The monoisotopic (exact) mass is 388 g/mol. The van der Waals surface area contributed by atoms with Gasteiger partial charge in [0.1, 0.15) is 5.75 Å². The summed E-state index contributed by atoms with van der Waals surface area (Å²) in [6.07, 6.45) is -4.99. The molecule has 0 spiro atoms. The minimum absolute atomic E-state index is 0.0685. The zero-order valence-electron chi connectivity index (χ0n) is 13.6. The van der Waals surface area contributed by atoms with Gasteiger partial charge >= 0.3 is 12.1 Å². The fourth-order valence-electron chi connectivity index (χ4n) is 2.78. The summed E-state index contributed by atoms with van der Waals surface area (Å²) >= 11 is 0. The molecule has 2 aromatic rings. The second-order valence-electron chi connectivity index (χ2n) is 6.11. The number of hydroxylamine groups is 1. The van der Waals surface area contributed by atoms with Gasteiger partial charge < -0.3 is 4.74 Å². The Kier molecular flexibility index (Phi) is 4.54. The number of hydrogen-bond acceptors (Lipinski definition) is 4. The smallest absolute Gasteiger partial charge is 0.439 e. The molecular formula is C17H13F5N2O3. The van der Waals surface area contributed by atoms with Crippen LogP contribution in [0.15, 0.2) is 42.6 Å². The lowest BCUT2D eigenvalue weighted by molar-refractivity contribution is -0.296. The highest BCUT2D eigenvalue weighted by Gasteiger charge is 2.75. The van der Waals surface area contributed by atoms with Crippen molar-refractivity contribution >= 4 is 5.91 Å². The van der Waals surface area contributed by atoms with Crippen LogP contribution in [0.3, 0.4) is 0 Å². The highest BCUT2D eigenvalue weighted by molar-refractivity contribution is 5.92. The van der Waals surface area contributed by atoms with Gasteiger partial charge in [-0.15, -0.1) is 0 Å². The first-order valence-corrected chi connectivity index (χ1v) is 7.74. The summed E-state index contributed by atoms with van der Waals surface area (Å²) in [7, 11) is 0. The van der Waals surface area contributed by atoms with Crippen molar-refractivity contribution in [2.45, 2.75) is 30.4 Å². The molecule has 1 saturated carbocycles. The molecule has 0 unspecified atom stereocenters. The molecule has 1 amide bonds. The third-order valence-electron chi connectivity index (χ3n) is 4.44. The number of nitrogens with zero attached hydrogens (tertiary/aromatic N) is 1. The van der Waals surface area contributed by atoms with Gasteiger partial charge in [0, 0.05) is 12.3 Å². The van der Waals surface area contributed by atoms with Crippen molar-refractivity contribution in [3.05, 3.63) is 53.7 Å². The van der Waals surface area contributed by atoms with Crippen LogP contribution in [0.25, 0.3) is 0 Å². The van der Waals surface area contributed by atoms with E-state index in [0.29, 0.717) is 0 Å². The van der Waals surface area contributed by atoms with Crippen LogP contribution in [0.1, 0.15) is 28.8 Å². The molecule has 27 heavy (non-hydrogen) atoms. The number of amides is 1. The van der Waals surface area contributed by atoms with E-state index in [9.17, 15) is 26.7 Å². The quantitative estimate of drug-likeness (QED) is 0.457. The molecule has 0 saturated heterocycles. The van der Waals surface area contributed by atoms with Crippen molar-refractivity contribution in [3.8, 4) is 11.6 Å². The Morgan fingerprint density at radius 3 is 2.15 bits per heavy atom. The second kappa shape index (κ2) is 6.45. The zero-order valence-corrected chi connectivity index (χ0v) is 13.6. The summed E-state index contributed by atoms with van der Waals surface area (Å²) in [6.45, 7) is 0. The van der Waals surface area contributed by atoms with Crippen LogP contribution in [0.4, 0.5) is 22.0 Å². The molecule has 2 N–H and O–H groups in total.